The zero-order valence-electron chi connectivity index (χ0n) is 22.6. The highest BCUT2D eigenvalue weighted by Crippen LogP contribution is 2.32. The van der Waals surface area contributed by atoms with Crippen molar-refractivity contribution in [1.82, 2.24) is 9.97 Å². The van der Waals surface area contributed by atoms with Crippen molar-refractivity contribution >= 4 is 23.8 Å². The molecule has 0 bridgehead atoms. The summed E-state index contributed by atoms with van der Waals surface area (Å²) in [5.74, 6) is 3.54. The fourth-order valence-corrected chi connectivity index (χ4v) is 4.46. The van der Waals surface area contributed by atoms with Crippen molar-refractivity contribution < 1.29 is 18.9 Å². The van der Waals surface area contributed by atoms with E-state index < -0.39 is 0 Å². The molecule has 0 aliphatic carbocycles. The van der Waals surface area contributed by atoms with Crippen molar-refractivity contribution in [3.05, 3.63) is 65.7 Å². The summed E-state index contributed by atoms with van der Waals surface area (Å²) in [6.45, 7) is 10.3. The van der Waals surface area contributed by atoms with E-state index in [1.165, 1.54) is 0 Å². The number of nitrogens with one attached hydrogen (secondary N) is 1. The maximum absolute atomic E-state index is 6.23. The van der Waals surface area contributed by atoms with E-state index in [1.54, 1.807) is 6.21 Å². The van der Waals surface area contributed by atoms with Crippen LogP contribution in [0.4, 0.5) is 17.6 Å². The molecule has 10 nitrogen and oxygen atoms in total. The predicted molar refractivity (Wildman–Crippen MR) is 152 cm³/mol. The maximum Gasteiger partial charge on any atom is 0.229 e. The summed E-state index contributed by atoms with van der Waals surface area (Å²) < 4.78 is 23.1. The standard InChI is InChI=1S/C29H36N6O4/c1-3-38-26-19-23(9-10-25(26)39-22(2)24-7-5-4-6-8-24)21-30-33-27-20-28(34-11-15-36-16-12-34)32-29(31-27)35-13-17-37-18-14-35/h4-10,19-22H,3,11-18H2,1-2H3,(H,31,32,33)/b30-21-/t22-/m0/s1. The van der Waals surface area contributed by atoms with Gasteiger partial charge in [0.25, 0.3) is 0 Å². The monoisotopic (exact) mass is 532 g/mol. The first-order valence-corrected chi connectivity index (χ1v) is 13.5. The van der Waals surface area contributed by atoms with E-state index in [-0.39, 0.29) is 6.10 Å². The molecule has 0 radical (unpaired) electrons. The third-order valence-electron chi connectivity index (χ3n) is 6.56. The summed E-state index contributed by atoms with van der Waals surface area (Å²) in [7, 11) is 0. The summed E-state index contributed by atoms with van der Waals surface area (Å²) in [6, 6.07) is 17.9. The van der Waals surface area contributed by atoms with Gasteiger partial charge >= 0.3 is 0 Å². The van der Waals surface area contributed by atoms with Gasteiger partial charge in [0.15, 0.2) is 17.3 Å². The van der Waals surface area contributed by atoms with Gasteiger partial charge in [-0.1, -0.05) is 30.3 Å². The lowest BCUT2D eigenvalue weighted by Gasteiger charge is -2.31. The van der Waals surface area contributed by atoms with E-state index in [0.717, 1.165) is 43.1 Å². The molecule has 0 amide bonds. The molecule has 1 N–H and O–H groups in total. The van der Waals surface area contributed by atoms with Crippen LogP contribution in [0.15, 0.2) is 59.7 Å². The predicted octanol–water partition coefficient (Wildman–Crippen LogP) is 4.13. The van der Waals surface area contributed by atoms with Crippen LogP contribution in [0, 0.1) is 0 Å². The maximum atomic E-state index is 6.23. The Balaban J connectivity index is 1.31. The Labute approximate surface area is 229 Å². The minimum absolute atomic E-state index is 0.106. The lowest BCUT2D eigenvalue weighted by molar-refractivity contribution is 0.121. The van der Waals surface area contributed by atoms with Crippen molar-refractivity contribution in [3.63, 3.8) is 0 Å². The summed E-state index contributed by atoms with van der Waals surface area (Å²) in [5.41, 5.74) is 5.08. The Hall–Kier alpha value is -3.89. The zero-order chi connectivity index (χ0) is 26.9. The molecule has 0 spiro atoms. The quantitative estimate of drug-likeness (QED) is 0.305. The third kappa shape index (κ3) is 7.15. The molecule has 2 aliphatic heterocycles. The van der Waals surface area contributed by atoms with E-state index >= 15 is 0 Å². The molecule has 2 fully saturated rings. The van der Waals surface area contributed by atoms with Crippen LogP contribution in [0.3, 0.4) is 0 Å². The highest BCUT2D eigenvalue weighted by molar-refractivity contribution is 5.81. The molecule has 1 aromatic heterocycles. The van der Waals surface area contributed by atoms with Crippen LogP contribution in [-0.2, 0) is 9.47 Å². The number of hydrogen-bond donors (Lipinski definition) is 1. The van der Waals surface area contributed by atoms with Crippen molar-refractivity contribution in [2.75, 3.05) is 74.4 Å². The number of hydrogen-bond acceptors (Lipinski definition) is 10. The second kappa shape index (κ2) is 13.3. The van der Waals surface area contributed by atoms with Gasteiger partial charge in [-0.3, -0.25) is 5.43 Å². The van der Waals surface area contributed by atoms with Crippen LogP contribution in [0.1, 0.15) is 31.1 Å². The first-order valence-electron chi connectivity index (χ1n) is 13.5. The summed E-state index contributed by atoms with van der Waals surface area (Å²) in [5, 5.41) is 4.48. The molecule has 2 saturated heterocycles. The van der Waals surface area contributed by atoms with Crippen LogP contribution in [0.2, 0.25) is 0 Å². The molecule has 3 heterocycles. The van der Waals surface area contributed by atoms with E-state index in [4.69, 9.17) is 28.9 Å². The molecule has 0 saturated carbocycles. The van der Waals surface area contributed by atoms with E-state index in [1.807, 2.05) is 56.3 Å². The average molecular weight is 533 g/mol. The van der Waals surface area contributed by atoms with Gasteiger partial charge in [0, 0.05) is 32.2 Å². The number of anilines is 3. The minimum atomic E-state index is -0.106. The summed E-state index contributed by atoms with van der Waals surface area (Å²) in [4.78, 5) is 13.9. The number of aromatic nitrogens is 2. The normalized spacial score (nSPS) is 16.8. The fraction of sp³-hybridized carbons (Fsp3) is 0.414. The van der Waals surface area contributed by atoms with E-state index in [2.05, 4.69) is 32.5 Å². The summed E-state index contributed by atoms with van der Waals surface area (Å²) in [6.07, 6.45) is 1.64. The topological polar surface area (TPSA) is 93.6 Å². The van der Waals surface area contributed by atoms with Crippen LogP contribution in [-0.4, -0.2) is 75.4 Å². The first-order chi connectivity index (χ1) is 19.2. The number of benzene rings is 2. The zero-order valence-corrected chi connectivity index (χ0v) is 22.6. The van der Waals surface area contributed by atoms with Gasteiger partial charge in [0.2, 0.25) is 5.95 Å². The number of morpholine rings is 2. The molecule has 10 heteroatoms. The molecule has 2 aliphatic rings. The van der Waals surface area contributed by atoms with Crippen LogP contribution in [0.25, 0.3) is 0 Å². The second-order valence-electron chi connectivity index (χ2n) is 9.29. The molecule has 2 aromatic carbocycles. The Bertz CT molecular complexity index is 1190. The van der Waals surface area contributed by atoms with Gasteiger partial charge in [0.1, 0.15) is 11.9 Å². The number of rotatable bonds is 10. The smallest absolute Gasteiger partial charge is 0.229 e. The average Bonchev–Trinajstić information content (AvgIpc) is 3.00. The number of nitrogens with zero attached hydrogens (tertiary/aromatic N) is 5. The molecule has 1 atom stereocenters. The van der Waals surface area contributed by atoms with Crippen molar-refractivity contribution in [3.8, 4) is 11.5 Å². The van der Waals surface area contributed by atoms with Gasteiger partial charge < -0.3 is 28.7 Å². The Kier molecular flexibility index (Phi) is 9.08. The molecule has 0 unspecified atom stereocenters. The van der Waals surface area contributed by atoms with Crippen molar-refractivity contribution in [2.45, 2.75) is 20.0 Å². The minimum Gasteiger partial charge on any atom is -0.490 e. The van der Waals surface area contributed by atoms with Gasteiger partial charge in [0.05, 0.1) is 39.2 Å². The Morgan fingerprint density at radius 1 is 0.923 bits per heavy atom. The van der Waals surface area contributed by atoms with Crippen LogP contribution >= 0.6 is 0 Å². The Morgan fingerprint density at radius 2 is 1.64 bits per heavy atom. The van der Waals surface area contributed by atoms with Crippen LogP contribution in [0.5, 0.6) is 11.5 Å². The highest BCUT2D eigenvalue weighted by Gasteiger charge is 2.19. The number of hydrazone groups is 1. The number of ether oxygens (including phenoxy) is 4. The van der Waals surface area contributed by atoms with Crippen molar-refractivity contribution in [2.24, 2.45) is 5.10 Å². The van der Waals surface area contributed by atoms with E-state index in [0.29, 0.717) is 56.3 Å². The Morgan fingerprint density at radius 3 is 2.36 bits per heavy atom. The second-order valence-corrected chi connectivity index (χ2v) is 9.29. The van der Waals surface area contributed by atoms with Gasteiger partial charge in [-0.25, -0.2) is 0 Å². The first kappa shape index (κ1) is 26.7. The molecular weight excluding hydrogens is 496 g/mol. The fourth-order valence-electron chi connectivity index (χ4n) is 4.46. The lowest BCUT2D eigenvalue weighted by atomic mass is 10.1. The van der Waals surface area contributed by atoms with Crippen molar-refractivity contribution in [1.29, 1.82) is 0 Å². The molecular formula is C29H36N6O4. The molecule has 39 heavy (non-hydrogen) atoms. The van der Waals surface area contributed by atoms with Crippen LogP contribution < -0.4 is 24.7 Å². The molecule has 206 valence electrons. The SMILES string of the molecule is CCOc1cc(/C=N\Nc2cc(N3CCOCC3)nc(N3CCOCC3)n2)ccc1O[C@@H](C)c1ccccc1. The molecule has 3 aromatic rings. The lowest BCUT2D eigenvalue weighted by Crippen LogP contribution is -2.39. The van der Waals surface area contributed by atoms with Gasteiger partial charge in [-0.05, 0) is 43.2 Å². The largest absolute Gasteiger partial charge is 0.490 e. The van der Waals surface area contributed by atoms with Gasteiger partial charge in [-0.15, -0.1) is 0 Å². The molecule has 5 rings (SSSR count). The third-order valence-corrected chi connectivity index (χ3v) is 6.56. The van der Waals surface area contributed by atoms with E-state index in [9.17, 15) is 0 Å². The summed E-state index contributed by atoms with van der Waals surface area (Å²) >= 11 is 0. The highest BCUT2D eigenvalue weighted by atomic mass is 16.5. The van der Waals surface area contributed by atoms with Gasteiger partial charge in [-0.2, -0.15) is 15.1 Å².